The van der Waals surface area contributed by atoms with E-state index in [-0.39, 0.29) is 25.1 Å². The first-order valence-electron chi connectivity index (χ1n) is 5.02. The van der Waals surface area contributed by atoms with Crippen LogP contribution in [0, 0.1) is 5.82 Å². The normalized spacial score (nSPS) is 11.4. The number of carboxylic acids is 1. The van der Waals surface area contributed by atoms with E-state index in [0.29, 0.717) is 6.07 Å². The standard InChI is InChI=1S/C10H12FNO5S/c11-8-6-7(10(14)15)2-3-9(8)18(16,17)12-4-1-5-13/h2-3,6,12-13H,1,4-5H2,(H,14,15). The summed E-state index contributed by atoms with van der Waals surface area (Å²) in [6.45, 7) is -0.220. The molecule has 1 aromatic rings. The molecule has 1 aromatic carbocycles. The van der Waals surface area contributed by atoms with E-state index in [2.05, 4.69) is 4.72 Å². The highest BCUT2D eigenvalue weighted by atomic mass is 32.2. The zero-order valence-corrected chi connectivity index (χ0v) is 10.1. The molecule has 0 saturated heterocycles. The van der Waals surface area contributed by atoms with E-state index in [1.54, 1.807) is 0 Å². The molecule has 8 heteroatoms. The highest BCUT2D eigenvalue weighted by Crippen LogP contribution is 2.16. The Hall–Kier alpha value is -1.51. The summed E-state index contributed by atoms with van der Waals surface area (Å²) in [5.41, 5.74) is -0.332. The van der Waals surface area contributed by atoms with Gasteiger partial charge in [0.2, 0.25) is 10.0 Å². The topological polar surface area (TPSA) is 104 Å². The van der Waals surface area contributed by atoms with Crippen molar-refractivity contribution in [3.8, 4) is 0 Å². The van der Waals surface area contributed by atoms with Crippen LogP contribution in [-0.2, 0) is 10.0 Å². The predicted molar refractivity (Wildman–Crippen MR) is 60.3 cm³/mol. The lowest BCUT2D eigenvalue weighted by Crippen LogP contribution is -2.26. The van der Waals surface area contributed by atoms with E-state index in [1.807, 2.05) is 0 Å². The van der Waals surface area contributed by atoms with Crippen molar-refractivity contribution in [3.05, 3.63) is 29.6 Å². The highest BCUT2D eigenvalue weighted by Gasteiger charge is 2.19. The largest absolute Gasteiger partial charge is 0.478 e. The van der Waals surface area contributed by atoms with Crippen LogP contribution in [0.3, 0.4) is 0 Å². The quantitative estimate of drug-likeness (QED) is 0.644. The van der Waals surface area contributed by atoms with Crippen LogP contribution in [0.2, 0.25) is 0 Å². The molecule has 0 atom stereocenters. The minimum atomic E-state index is -4.03. The number of halogens is 1. The minimum Gasteiger partial charge on any atom is -0.478 e. The van der Waals surface area contributed by atoms with Crippen molar-refractivity contribution in [2.75, 3.05) is 13.2 Å². The van der Waals surface area contributed by atoms with Gasteiger partial charge in [-0.15, -0.1) is 0 Å². The van der Waals surface area contributed by atoms with Crippen LogP contribution < -0.4 is 4.72 Å². The Balaban J connectivity index is 2.99. The molecule has 0 saturated carbocycles. The molecule has 1 rings (SSSR count). The molecule has 0 unspecified atom stereocenters. The maximum atomic E-state index is 13.5. The molecule has 0 heterocycles. The zero-order valence-electron chi connectivity index (χ0n) is 9.26. The third-order valence-electron chi connectivity index (χ3n) is 2.10. The molecular formula is C10H12FNO5S. The van der Waals surface area contributed by atoms with Gasteiger partial charge in [0.15, 0.2) is 0 Å². The molecule has 0 aliphatic carbocycles. The second-order valence-electron chi connectivity index (χ2n) is 3.43. The average molecular weight is 277 g/mol. The average Bonchev–Trinajstić information content (AvgIpc) is 2.28. The molecule has 0 amide bonds. The molecule has 3 N–H and O–H groups in total. The Morgan fingerprint density at radius 1 is 1.39 bits per heavy atom. The van der Waals surface area contributed by atoms with E-state index < -0.39 is 26.7 Å². The van der Waals surface area contributed by atoms with Gasteiger partial charge in [-0.05, 0) is 24.6 Å². The molecule has 0 spiro atoms. The molecule has 0 radical (unpaired) electrons. The summed E-state index contributed by atoms with van der Waals surface area (Å²) in [7, 11) is -4.03. The summed E-state index contributed by atoms with van der Waals surface area (Å²) in [5.74, 6) is -2.47. The Kier molecular flexibility index (Phi) is 4.76. The monoisotopic (exact) mass is 277 g/mol. The lowest BCUT2D eigenvalue weighted by Gasteiger charge is -2.07. The number of nitrogens with one attached hydrogen (secondary N) is 1. The van der Waals surface area contributed by atoms with Crippen LogP contribution in [-0.4, -0.2) is 37.8 Å². The van der Waals surface area contributed by atoms with E-state index in [4.69, 9.17) is 10.2 Å². The van der Waals surface area contributed by atoms with Gasteiger partial charge in [0, 0.05) is 13.2 Å². The smallest absolute Gasteiger partial charge is 0.335 e. The van der Waals surface area contributed by atoms with Gasteiger partial charge in [-0.2, -0.15) is 0 Å². The SMILES string of the molecule is O=C(O)c1ccc(S(=O)(=O)NCCCO)c(F)c1. The van der Waals surface area contributed by atoms with E-state index in [0.717, 1.165) is 12.1 Å². The minimum absolute atomic E-state index is 0.0288. The first kappa shape index (κ1) is 14.6. The van der Waals surface area contributed by atoms with Crippen molar-refractivity contribution in [3.63, 3.8) is 0 Å². The Bertz CT molecular complexity index is 543. The van der Waals surface area contributed by atoms with Gasteiger partial charge < -0.3 is 10.2 Å². The van der Waals surface area contributed by atoms with Crippen LogP contribution in [0.15, 0.2) is 23.1 Å². The number of hydrogen-bond donors (Lipinski definition) is 3. The maximum absolute atomic E-state index is 13.5. The Morgan fingerprint density at radius 3 is 2.56 bits per heavy atom. The van der Waals surface area contributed by atoms with E-state index in [9.17, 15) is 17.6 Å². The number of aromatic carboxylic acids is 1. The molecule has 0 aliphatic heterocycles. The first-order valence-corrected chi connectivity index (χ1v) is 6.50. The molecule has 0 aliphatic rings. The number of benzene rings is 1. The number of carbonyl (C=O) groups is 1. The van der Waals surface area contributed by atoms with Crippen molar-refractivity contribution < 1.29 is 27.8 Å². The first-order chi connectivity index (χ1) is 8.38. The van der Waals surface area contributed by atoms with Crippen LogP contribution in [0.5, 0.6) is 0 Å². The molecule has 0 fully saturated rings. The van der Waals surface area contributed by atoms with Gasteiger partial charge >= 0.3 is 5.97 Å². The van der Waals surface area contributed by atoms with Crippen molar-refractivity contribution in [1.82, 2.24) is 4.72 Å². The number of sulfonamides is 1. The van der Waals surface area contributed by atoms with Crippen LogP contribution >= 0.6 is 0 Å². The van der Waals surface area contributed by atoms with Crippen LogP contribution in [0.4, 0.5) is 4.39 Å². The van der Waals surface area contributed by atoms with Crippen molar-refractivity contribution in [1.29, 1.82) is 0 Å². The van der Waals surface area contributed by atoms with Crippen molar-refractivity contribution in [2.45, 2.75) is 11.3 Å². The van der Waals surface area contributed by atoms with Crippen LogP contribution in [0.1, 0.15) is 16.8 Å². The fourth-order valence-electron chi connectivity index (χ4n) is 1.22. The second-order valence-corrected chi connectivity index (χ2v) is 5.16. The summed E-state index contributed by atoms with van der Waals surface area (Å²) < 4.78 is 38.8. The van der Waals surface area contributed by atoms with Gasteiger partial charge in [-0.25, -0.2) is 22.3 Å². The summed E-state index contributed by atoms with van der Waals surface area (Å²) in [4.78, 5) is 9.95. The fourth-order valence-corrected chi connectivity index (χ4v) is 2.35. The van der Waals surface area contributed by atoms with Crippen LogP contribution in [0.25, 0.3) is 0 Å². The van der Waals surface area contributed by atoms with Gasteiger partial charge in [0.05, 0.1) is 5.56 Å². The predicted octanol–water partition coefficient (Wildman–Crippen LogP) is 0.185. The molecular weight excluding hydrogens is 265 g/mol. The zero-order chi connectivity index (χ0) is 13.8. The van der Waals surface area contributed by atoms with Gasteiger partial charge in [-0.1, -0.05) is 0 Å². The fraction of sp³-hybridized carbons (Fsp3) is 0.300. The third-order valence-corrected chi connectivity index (χ3v) is 3.59. The van der Waals surface area contributed by atoms with E-state index in [1.165, 1.54) is 0 Å². The van der Waals surface area contributed by atoms with Crippen molar-refractivity contribution in [2.24, 2.45) is 0 Å². The summed E-state index contributed by atoms with van der Waals surface area (Å²) in [6.07, 6.45) is 0.202. The molecule has 0 bridgehead atoms. The summed E-state index contributed by atoms with van der Waals surface area (Å²) >= 11 is 0. The number of hydrogen-bond acceptors (Lipinski definition) is 4. The number of carboxylic acid groups (broad SMARTS) is 1. The lowest BCUT2D eigenvalue weighted by atomic mass is 10.2. The van der Waals surface area contributed by atoms with Gasteiger partial charge in [0.25, 0.3) is 0 Å². The summed E-state index contributed by atoms with van der Waals surface area (Å²) in [6, 6.07) is 2.54. The Labute approximate surface area is 103 Å². The van der Waals surface area contributed by atoms with Gasteiger partial charge in [-0.3, -0.25) is 0 Å². The molecule has 0 aromatic heterocycles. The molecule has 6 nitrogen and oxygen atoms in total. The highest BCUT2D eigenvalue weighted by molar-refractivity contribution is 7.89. The number of aliphatic hydroxyl groups is 1. The molecule has 18 heavy (non-hydrogen) atoms. The maximum Gasteiger partial charge on any atom is 0.335 e. The lowest BCUT2D eigenvalue weighted by molar-refractivity contribution is 0.0696. The Morgan fingerprint density at radius 2 is 2.06 bits per heavy atom. The van der Waals surface area contributed by atoms with Crippen molar-refractivity contribution >= 4 is 16.0 Å². The van der Waals surface area contributed by atoms with Gasteiger partial charge in [0.1, 0.15) is 10.7 Å². The molecule has 100 valence electrons. The number of aliphatic hydroxyl groups excluding tert-OH is 1. The van der Waals surface area contributed by atoms with E-state index >= 15 is 0 Å². The second kappa shape index (κ2) is 5.89. The summed E-state index contributed by atoms with van der Waals surface area (Å²) in [5, 5.41) is 17.1. The number of rotatable bonds is 6. The third kappa shape index (κ3) is 3.49.